The molecule has 0 aliphatic carbocycles. The maximum atomic E-state index is 12.1. The Morgan fingerprint density at radius 2 is 2.00 bits per heavy atom. The molecule has 5 heteroatoms. The van der Waals surface area contributed by atoms with Crippen molar-refractivity contribution in [1.29, 1.82) is 5.26 Å². The highest BCUT2D eigenvalue weighted by Crippen LogP contribution is 2.31. The number of rotatable bonds is 3. The number of amides is 1. The fourth-order valence-corrected chi connectivity index (χ4v) is 2.84. The summed E-state index contributed by atoms with van der Waals surface area (Å²) in [6.07, 6.45) is 1.57. The van der Waals surface area contributed by atoms with Gasteiger partial charge in [0.2, 0.25) is 5.91 Å². The van der Waals surface area contributed by atoms with E-state index in [1.54, 1.807) is 23.1 Å². The first kappa shape index (κ1) is 16.3. The summed E-state index contributed by atoms with van der Waals surface area (Å²) in [5.41, 5.74) is 1.06. The van der Waals surface area contributed by atoms with Gasteiger partial charge in [-0.2, -0.15) is 5.26 Å². The number of nitrogens with zero attached hydrogens (tertiary/aromatic N) is 2. The number of hydrogen-bond donors (Lipinski definition) is 0. The van der Waals surface area contributed by atoms with Crippen LogP contribution < -0.4 is 0 Å². The Labute approximate surface area is 134 Å². The minimum atomic E-state index is -0.459. The zero-order chi connectivity index (χ0) is 16.3. The van der Waals surface area contributed by atoms with Crippen molar-refractivity contribution < 1.29 is 9.59 Å². The molecule has 0 saturated carbocycles. The summed E-state index contributed by atoms with van der Waals surface area (Å²) in [6, 6.07) is 9.19. The van der Waals surface area contributed by atoms with Crippen LogP contribution in [0, 0.1) is 16.7 Å². The number of hydrogen-bond acceptors (Lipinski definition) is 4. The topological polar surface area (TPSA) is 61.2 Å². The van der Waals surface area contributed by atoms with Gasteiger partial charge in [-0.05, 0) is 17.7 Å². The summed E-state index contributed by atoms with van der Waals surface area (Å²) < 4.78 is 0. The minimum Gasteiger partial charge on any atom is -0.301 e. The van der Waals surface area contributed by atoms with E-state index in [1.807, 2.05) is 32.9 Å². The average molecular weight is 314 g/mol. The number of carbonyl (C=O) groups is 2. The standard InChI is InChI=1S/C17H18N2O2S/c1-17(2,3)14(20)8-16-19(15(21)11-22-16)10-13-6-4-12(9-18)5-7-13/h4-8H,10-11H2,1-3H3. The first-order chi connectivity index (χ1) is 10.3. The molecule has 1 heterocycles. The molecule has 0 N–H and O–H groups in total. The molecule has 0 bridgehead atoms. The van der Waals surface area contributed by atoms with Crippen molar-refractivity contribution in [3.05, 3.63) is 46.5 Å². The smallest absolute Gasteiger partial charge is 0.238 e. The van der Waals surface area contributed by atoms with Gasteiger partial charge in [0.25, 0.3) is 0 Å². The third kappa shape index (κ3) is 3.77. The quantitative estimate of drug-likeness (QED) is 0.804. The van der Waals surface area contributed by atoms with Gasteiger partial charge in [0.15, 0.2) is 5.78 Å². The van der Waals surface area contributed by atoms with Crippen molar-refractivity contribution in [2.24, 2.45) is 5.41 Å². The first-order valence-electron chi connectivity index (χ1n) is 6.99. The molecule has 0 spiro atoms. The van der Waals surface area contributed by atoms with Crippen molar-refractivity contribution in [3.8, 4) is 6.07 Å². The van der Waals surface area contributed by atoms with Crippen LogP contribution in [0.1, 0.15) is 31.9 Å². The Kier molecular flexibility index (Phi) is 4.72. The average Bonchev–Trinajstić information content (AvgIpc) is 2.80. The molecule has 1 aromatic carbocycles. The van der Waals surface area contributed by atoms with Gasteiger partial charge < -0.3 is 4.90 Å². The summed E-state index contributed by atoms with van der Waals surface area (Å²) >= 11 is 1.39. The lowest BCUT2D eigenvalue weighted by Gasteiger charge is -2.19. The van der Waals surface area contributed by atoms with Crippen molar-refractivity contribution in [3.63, 3.8) is 0 Å². The zero-order valence-electron chi connectivity index (χ0n) is 12.9. The lowest BCUT2D eigenvalue weighted by Crippen LogP contribution is -2.25. The molecule has 114 valence electrons. The summed E-state index contributed by atoms with van der Waals surface area (Å²) in [6.45, 7) is 6.00. The Bertz CT molecular complexity index is 663. The molecule has 22 heavy (non-hydrogen) atoms. The molecule has 0 radical (unpaired) electrons. The lowest BCUT2D eigenvalue weighted by molar-refractivity contribution is -0.125. The fraction of sp³-hybridized carbons (Fsp3) is 0.353. The van der Waals surface area contributed by atoms with Gasteiger partial charge in [-0.25, -0.2) is 0 Å². The van der Waals surface area contributed by atoms with E-state index in [2.05, 4.69) is 6.07 Å². The van der Waals surface area contributed by atoms with Gasteiger partial charge in [0, 0.05) is 11.5 Å². The van der Waals surface area contributed by atoms with Crippen LogP contribution in [0.2, 0.25) is 0 Å². The van der Waals surface area contributed by atoms with E-state index in [9.17, 15) is 9.59 Å². The SMILES string of the molecule is CC(C)(C)C(=O)C=C1SCC(=O)N1Cc1ccc(C#N)cc1. The zero-order valence-corrected chi connectivity index (χ0v) is 13.7. The molecule has 0 aromatic heterocycles. The molecule has 1 aromatic rings. The van der Waals surface area contributed by atoms with Gasteiger partial charge in [-0.1, -0.05) is 44.7 Å². The maximum Gasteiger partial charge on any atom is 0.238 e. The summed E-state index contributed by atoms with van der Waals surface area (Å²) in [5, 5.41) is 9.51. The van der Waals surface area contributed by atoms with Crippen molar-refractivity contribution in [1.82, 2.24) is 4.90 Å². The predicted octanol–water partition coefficient (Wildman–Crippen LogP) is 3.09. The largest absolute Gasteiger partial charge is 0.301 e. The monoisotopic (exact) mass is 314 g/mol. The fourth-order valence-electron chi connectivity index (χ4n) is 1.90. The van der Waals surface area contributed by atoms with Gasteiger partial charge in [-0.3, -0.25) is 9.59 Å². The van der Waals surface area contributed by atoms with Crippen LogP contribution >= 0.6 is 11.8 Å². The number of ketones is 1. The first-order valence-corrected chi connectivity index (χ1v) is 7.98. The lowest BCUT2D eigenvalue weighted by atomic mass is 9.91. The molecule has 0 unspecified atom stereocenters. The van der Waals surface area contributed by atoms with E-state index in [1.165, 1.54) is 11.8 Å². The van der Waals surface area contributed by atoms with Gasteiger partial charge in [0.1, 0.15) is 0 Å². The third-order valence-electron chi connectivity index (χ3n) is 3.33. The van der Waals surface area contributed by atoms with E-state index in [0.29, 0.717) is 22.9 Å². The van der Waals surface area contributed by atoms with Crippen LogP contribution in [0.15, 0.2) is 35.4 Å². The third-order valence-corrected chi connectivity index (χ3v) is 4.35. The van der Waals surface area contributed by atoms with E-state index in [0.717, 1.165) is 5.56 Å². The summed E-state index contributed by atoms with van der Waals surface area (Å²) in [4.78, 5) is 25.8. The summed E-state index contributed by atoms with van der Waals surface area (Å²) in [5.74, 6) is 0.372. The second-order valence-corrected chi connectivity index (χ2v) is 7.17. The molecule has 0 atom stereocenters. The molecular weight excluding hydrogens is 296 g/mol. The van der Waals surface area contributed by atoms with Crippen molar-refractivity contribution in [2.75, 3.05) is 5.75 Å². The minimum absolute atomic E-state index is 0.00215. The maximum absolute atomic E-state index is 12.1. The summed E-state index contributed by atoms with van der Waals surface area (Å²) in [7, 11) is 0. The molecular formula is C17H18N2O2S. The molecule has 2 rings (SSSR count). The van der Waals surface area contributed by atoms with E-state index < -0.39 is 5.41 Å². The molecule has 1 fully saturated rings. The second-order valence-electron chi connectivity index (χ2n) is 6.17. The van der Waals surface area contributed by atoms with Crippen LogP contribution in [0.5, 0.6) is 0 Å². The highest BCUT2D eigenvalue weighted by Gasteiger charge is 2.29. The van der Waals surface area contributed by atoms with Gasteiger partial charge in [0.05, 0.1) is 29.0 Å². The number of carbonyl (C=O) groups excluding carboxylic acids is 2. The Hall–Kier alpha value is -2.06. The molecule has 1 amide bonds. The number of benzene rings is 1. The van der Waals surface area contributed by atoms with Crippen molar-refractivity contribution in [2.45, 2.75) is 27.3 Å². The van der Waals surface area contributed by atoms with Crippen LogP contribution in [0.4, 0.5) is 0 Å². The van der Waals surface area contributed by atoms with Crippen LogP contribution in [0.25, 0.3) is 0 Å². The van der Waals surface area contributed by atoms with Crippen LogP contribution in [0.3, 0.4) is 0 Å². The highest BCUT2D eigenvalue weighted by atomic mass is 32.2. The normalized spacial score (nSPS) is 16.9. The van der Waals surface area contributed by atoms with Crippen LogP contribution in [-0.4, -0.2) is 22.3 Å². The Balaban J connectivity index is 2.19. The Morgan fingerprint density at radius 1 is 1.36 bits per heavy atom. The van der Waals surface area contributed by atoms with Gasteiger partial charge in [-0.15, -0.1) is 0 Å². The molecule has 1 aliphatic rings. The van der Waals surface area contributed by atoms with E-state index >= 15 is 0 Å². The second kappa shape index (κ2) is 6.37. The van der Waals surface area contributed by atoms with E-state index in [4.69, 9.17) is 5.26 Å². The molecule has 4 nitrogen and oxygen atoms in total. The van der Waals surface area contributed by atoms with E-state index in [-0.39, 0.29) is 11.7 Å². The van der Waals surface area contributed by atoms with Crippen LogP contribution in [-0.2, 0) is 16.1 Å². The molecule has 1 saturated heterocycles. The number of nitriles is 1. The number of thioether (sulfide) groups is 1. The highest BCUT2D eigenvalue weighted by molar-refractivity contribution is 8.04. The number of allylic oxidation sites excluding steroid dienone is 1. The molecule has 1 aliphatic heterocycles. The predicted molar refractivity (Wildman–Crippen MR) is 86.7 cm³/mol. The Morgan fingerprint density at radius 3 is 2.55 bits per heavy atom. The van der Waals surface area contributed by atoms with Gasteiger partial charge >= 0.3 is 0 Å². The van der Waals surface area contributed by atoms with Crippen molar-refractivity contribution >= 4 is 23.5 Å².